The van der Waals surface area contributed by atoms with Gasteiger partial charge in [-0.2, -0.15) is 0 Å². The second-order valence-electron chi connectivity index (χ2n) is 6.21. The molecule has 120 valence electrons. The van der Waals surface area contributed by atoms with Crippen molar-refractivity contribution < 1.29 is 4.79 Å². The summed E-state index contributed by atoms with van der Waals surface area (Å²) in [5.74, 6) is 0.675. The van der Waals surface area contributed by atoms with Crippen LogP contribution in [0.2, 0.25) is 0 Å². The molecule has 2 aromatic heterocycles. The molecule has 0 aromatic carbocycles. The van der Waals surface area contributed by atoms with Crippen LogP contribution in [0.5, 0.6) is 0 Å². The number of thiazole rings is 1. The van der Waals surface area contributed by atoms with Crippen molar-refractivity contribution in [1.29, 1.82) is 0 Å². The molecule has 1 saturated heterocycles. The highest BCUT2D eigenvalue weighted by molar-refractivity contribution is 7.17. The minimum atomic E-state index is -0.145. The van der Waals surface area contributed by atoms with E-state index in [9.17, 15) is 4.79 Å². The SMILES string of the molecule is CCNc1ncc(C(=O)N2CC[C@@H]3CC[C@@]32c2cccnc2)s1. The van der Waals surface area contributed by atoms with E-state index in [1.165, 1.54) is 23.3 Å². The number of aromatic nitrogens is 2. The van der Waals surface area contributed by atoms with Crippen LogP contribution in [0, 0.1) is 5.92 Å². The van der Waals surface area contributed by atoms with E-state index in [4.69, 9.17) is 0 Å². The number of hydrogen-bond donors (Lipinski definition) is 1. The Kier molecular flexibility index (Phi) is 3.56. The minimum absolute atomic E-state index is 0.109. The zero-order chi connectivity index (χ0) is 15.9. The van der Waals surface area contributed by atoms with Crippen LogP contribution in [0.3, 0.4) is 0 Å². The van der Waals surface area contributed by atoms with Crippen molar-refractivity contribution >= 4 is 22.4 Å². The van der Waals surface area contributed by atoms with E-state index in [2.05, 4.69) is 26.3 Å². The molecule has 2 aromatic rings. The summed E-state index contributed by atoms with van der Waals surface area (Å²) in [4.78, 5) is 24.5. The lowest BCUT2D eigenvalue weighted by atomic mass is 9.64. The van der Waals surface area contributed by atoms with Crippen molar-refractivity contribution in [1.82, 2.24) is 14.9 Å². The average Bonchev–Trinajstić information content (AvgIpc) is 3.11. The van der Waals surface area contributed by atoms with Crippen LogP contribution in [0.1, 0.15) is 41.4 Å². The Morgan fingerprint density at radius 1 is 1.48 bits per heavy atom. The molecular weight excluding hydrogens is 308 g/mol. The van der Waals surface area contributed by atoms with Gasteiger partial charge in [0.2, 0.25) is 0 Å². The molecule has 0 radical (unpaired) electrons. The predicted molar refractivity (Wildman–Crippen MR) is 90.6 cm³/mol. The van der Waals surface area contributed by atoms with Gasteiger partial charge >= 0.3 is 0 Å². The third-order valence-corrected chi connectivity index (χ3v) is 6.13. The van der Waals surface area contributed by atoms with Gasteiger partial charge < -0.3 is 10.2 Å². The quantitative estimate of drug-likeness (QED) is 0.937. The van der Waals surface area contributed by atoms with Crippen molar-refractivity contribution in [3.63, 3.8) is 0 Å². The highest BCUT2D eigenvalue weighted by atomic mass is 32.1. The summed E-state index contributed by atoms with van der Waals surface area (Å²) in [5.41, 5.74) is 1.03. The number of rotatable bonds is 4. The number of amides is 1. The van der Waals surface area contributed by atoms with Crippen LogP contribution in [-0.2, 0) is 5.54 Å². The van der Waals surface area contributed by atoms with Gasteiger partial charge in [-0.25, -0.2) is 4.98 Å². The first kappa shape index (κ1) is 14.6. The molecule has 2 aliphatic rings. The van der Waals surface area contributed by atoms with E-state index in [1.807, 2.05) is 19.2 Å². The fraction of sp³-hybridized carbons (Fsp3) is 0.471. The third-order valence-electron chi connectivity index (χ3n) is 5.18. The molecule has 1 saturated carbocycles. The summed E-state index contributed by atoms with van der Waals surface area (Å²) in [6.45, 7) is 3.67. The summed E-state index contributed by atoms with van der Waals surface area (Å²) in [7, 11) is 0. The minimum Gasteiger partial charge on any atom is -0.362 e. The van der Waals surface area contributed by atoms with Gasteiger partial charge in [-0.1, -0.05) is 17.4 Å². The molecule has 0 spiro atoms. The smallest absolute Gasteiger partial charge is 0.266 e. The first-order valence-corrected chi connectivity index (χ1v) is 8.99. The molecule has 1 N–H and O–H groups in total. The fourth-order valence-corrected chi connectivity index (χ4v) is 4.85. The first-order chi connectivity index (χ1) is 11.3. The fourth-order valence-electron chi connectivity index (χ4n) is 4.02. The van der Waals surface area contributed by atoms with Gasteiger partial charge in [-0.05, 0) is 43.7 Å². The lowest BCUT2D eigenvalue weighted by Gasteiger charge is -2.50. The molecule has 0 unspecified atom stereocenters. The van der Waals surface area contributed by atoms with E-state index >= 15 is 0 Å². The van der Waals surface area contributed by atoms with Crippen LogP contribution in [-0.4, -0.2) is 33.9 Å². The summed E-state index contributed by atoms with van der Waals surface area (Å²) in [6.07, 6.45) is 8.74. The molecule has 4 rings (SSSR count). The van der Waals surface area contributed by atoms with Crippen LogP contribution >= 0.6 is 11.3 Å². The van der Waals surface area contributed by atoms with Crippen molar-refractivity contribution in [2.75, 3.05) is 18.4 Å². The number of anilines is 1. The Morgan fingerprint density at radius 3 is 3.09 bits per heavy atom. The van der Waals surface area contributed by atoms with E-state index in [0.29, 0.717) is 5.92 Å². The zero-order valence-corrected chi connectivity index (χ0v) is 14.0. The maximum absolute atomic E-state index is 13.1. The molecule has 6 heteroatoms. The van der Waals surface area contributed by atoms with Gasteiger partial charge in [0.15, 0.2) is 5.13 Å². The van der Waals surface area contributed by atoms with Crippen molar-refractivity contribution in [2.24, 2.45) is 5.92 Å². The molecule has 23 heavy (non-hydrogen) atoms. The number of fused-ring (bicyclic) bond motifs is 1. The lowest BCUT2D eigenvalue weighted by molar-refractivity contribution is 0.0146. The first-order valence-electron chi connectivity index (χ1n) is 8.18. The monoisotopic (exact) mass is 328 g/mol. The number of hydrogen-bond acceptors (Lipinski definition) is 5. The van der Waals surface area contributed by atoms with E-state index < -0.39 is 0 Å². The van der Waals surface area contributed by atoms with Crippen LogP contribution < -0.4 is 5.32 Å². The molecule has 1 amide bonds. The number of pyridine rings is 1. The molecule has 0 bridgehead atoms. The highest BCUT2D eigenvalue weighted by Gasteiger charge is 2.57. The summed E-state index contributed by atoms with van der Waals surface area (Å²) < 4.78 is 0. The summed E-state index contributed by atoms with van der Waals surface area (Å²) in [6, 6.07) is 4.08. The van der Waals surface area contributed by atoms with Gasteiger partial charge in [0, 0.05) is 25.5 Å². The second-order valence-corrected chi connectivity index (χ2v) is 7.24. The predicted octanol–water partition coefficient (Wildman–Crippen LogP) is 3.12. The Bertz CT molecular complexity index is 716. The zero-order valence-electron chi connectivity index (χ0n) is 13.2. The normalized spacial score (nSPS) is 25.8. The van der Waals surface area contributed by atoms with Crippen molar-refractivity contribution in [3.8, 4) is 0 Å². The Labute approximate surface area is 139 Å². The van der Waals surface area contributed by atoms with E-state index in [1.54, 1.807) is 12.4 Å². The molecule has 2 atom stereocenters. The number of carbonyl (C=O) groups is 1. The topological polar surface area (TPSA) is 58.1 Å². The maximum Gasteiger partial charge on any atom is 0.266 e. The largest absolute Gasteiger partial charge is 0.362 e. The third kappa shape index (κ3) is 2.16. The number of carbonyl (C=O) groups excluding carboxylic acids is 1. The molecular formula is C17H20N4OS. The van der Waals surface area contributed by atoms with Gasteiger partial charge in [-0.3, -0.25) is 9.78 Å². The standard InChI is InChI=1S/C17H20N4OS/c1-2-19-16-20-11-14(23-16)15(22)21-9-6-12-5-7-17(12,21)13-4-3-8-18-10-13/h3-4,8,10-12H,2,5-7,9H2,1H3,(H,19,20)/t12-,17-/m0/s1. The summed E-state index contributed by atoms with van der Waals surface area (Å²) >= 11 is 1.44. The van der Waals surface area contributed by atoms with Crippen LogP contribution in [0.15, 0.2) is 30.7 Å². The Balaban J connectivity index is 1.66. The Morgan fingerprint density at radius 2 is 2.39 bits per heavy atom. The molecule has 5 nitrogen and oxygen atoms in total. The van der Waals surface area contributed by atoms with Gasteiger partial charge in [-0.15, -0.1) is 0 Å². The second kappa shape index (κ2) is 5.60. The van der Waals surface area contributed by atoms with Crippen molar-refractivity contribution in [2.45, 2.75) is 31.7 Å². The highest BCUT2D eigenvalue weighted by Crippen LogP contribution is 2.57. The number of nitrogens with one attached hydrogen (secondary N) is 1. The van der Waals surface area contributed by atoms with Crippen LogP contribution in [0.25, 0.3) is 0 Å². The van der Waals surface area contributed by atoms with Gasteiger partial charge in [0.05, 0.1) is 11.7 Å². The molecule has 3 heterocycles. The summed E-state index contributed by atoms with van der Waals surface area (Å²) in [5, 5.41) is 3.99. The van der Waals surface area contributed by atoms with Crippen molar-refractivity contribution in [3.05, 3.63) is 41.2 Å². The number of nitrogens with zero attached hydrogens (tertiary/aromatic N) is 3. The molecule has 1 aliphatic heterocycles. The lowest BCUT2D eigenvalue weighted by Crippen LogP contribution is -2.53. The average molecular weight is 328 g/mol. The maximum atomic E-state index is 13.1. The van der Waals surface area contributed by atoms with Gasteiger partial charge in [0.25, 0.3) is 5.91 Å². The molecule has 1 aliphatic carbocycles. The van der Waals surface area contributed by atoms with Gasteiger partial charge in [0.1, 0.15) is 4.88 Å². The van der Waals surface area contributed by atoms with E-state index in [-0.39, 0.29) is 11.4 Å². The molecule has 2 fully saturated rings. The van der Waals surface area contributed by atoms with E-state index in [0.717, 1.165) is 35.9 Å². The van der Waals surface area contributed by atoms with Crippen LogP contribution in [0.4, 0.5) is 5.13 Å². The number of likely N-dealkylation sites (tertiary alicyclic amines) is 1. The Hall–Kier alpha value is -1.95.